The van der Waals surface area contributed by atoms with Crippen LogP contribution >= 0.6 is 0 Å². The summed E-state index contributed by atoms with van der Waals surface area (Å²) in [6, 6.07) is 9.91. The van der Waals surface area contributed by atoms with E-state index in [1.807, 2.05) is 44.2 Å². The highest BCUT2D eigenvalue weighted by Crippen LogP contribution is 2.18. The van der Waals surface area contributed by atoms with Crippen molar-refractivity contribution in [3.63, 3.8) is 0 Å². The van der Waals surface area contributed by atoms with Gasteiger partial charge in [-0.2, -0.15) is 9.97 Å². The molecule has 0 spiro atoms. The molecule has 94 valence electrons. The summed E-state index contributed by atoms with van der Waals surface area (Å²) in [7, 11) is 0. The van der Waals surface area contributed by atoms with Crippen molar-refractivity contribution in [2.45, 2.75) is 13.8 Å². The number of rotatable bonds is 4. The zero-order chi connectivity index (χ0) is 13.0. The number of hydrogen-bond acceptors (Lipinski definition) is 5. The van der Waals surface area contributed by atoms with E-state index in [9.17, 15) is 0 Å². The molecular formula is C13H17N5. The van der Waals surface area contributed by atoms with Crippen LogP contribution in [0.5, 0.6) is 0 Å². The minimum atomic E-state index is 0.253. The lowest BCUT2D eigenvalue weighted by molar-refractivity contribution is 1.12. The first-order valence-electron chi connectivity index (χ1n) is 5.89. The summed E-state index contributed by atoms with van der Waals surface area (Å²) in [5.41, 5.74) is 7.84. The Morgan fingerprint density at radius 1 is 1.17 bits per heavy atom. The highest BCUT2D eigenvalue weighted by Gasteiger charge is 2.02. The highest BCUT2D eigenvalue weighted by molar-refractivity contribution is 5.61. The van der Waals surface area contributed by atoms with Crippen LogP contribution in [0.2, 0.25) is 0 Å². The molecule has 0 aliphatic carbocycles. The third-order valence-corrected chi connectivity index (χ3v) is 2.39. The van der Waals surface area contributed by atoms with Gasteiger partial charge in [-0.05, 0) is 31.5 Å². The minimum absolute atomic E-state index is 0.253. The second-order valence-electron chi connectivity index (χ2n) is 4.02. The monoisotopic (exact) mass is 243 g/mol. The van der Waals surface area contributed by atoms with Gasteiger partial charge in [0, 0.05) is 18.3 Å². The molecule has 18 heavy (non-hydrogen) atoms. The van der Waals surface area contributed by atoms with Crippen molar-refractivity contribution in [1.82, 2.24) is 9.97 Å². The summed E-state index contributed by atoms with van der Waals surface area (Å²) in [6.45, 7) is 4.84. The van der Waals surface area contributed by atoms with Gasteiger partial charge in [-0.15, -0.1) is 0 Å². The van der Waals surface area contributed by atoms with E-state index in [0.717, 1.165) is 18.1 Å². The molecule has 1 aromatic carbocycles. The first-order chi connectivity index (χ1) is 8.67. The van der Waals surface area contributed by atoms with Gasteiger partial charge in [-0.25, -0.2) is 0 Å². The predicted octanol–water partition coefficient (Wildman–Crippen LogP) is 2.54. The average molecular weight is 243 g/mol. The van der Waals surface area contributed by atoms with Crippen LogP contribution in [0.3, 0.4) is 0 Å². The Labute approximate surface area is 106 Å². The molecule has 1 aromatic heterocycles. The number of nitrogens with two attached hydrogens (primary N) is 1. The number of nitrogens with one attached hydrogen (secondary N) is 2. The molecule has 5 heteroatoms. The zero-order valence-corrected chi connectivity index (χ0v) is 10.6. The average Bonchev–Trinajstić information content (AvgIpc) is 2.28. The fourth-order valence-electron chi connectivity index (χ4n) is 1.67. The molecule has 0 aliphatic rings. The van der Waals surface area contributed by atoms with Gasteiger partial charge in [0.2, 0.25) is 5.95 Å². The van der Waals surface area contributed by atoms with Crippen LogP contribution in [0.15, 0.2) is 30.3 Å². The van der Waals surface area contributed by atoms with Crippen molar-refractivity contribution in [2.75, 3.05) is 22.9 Å². The Bertz CT molecular complexity index is 539. The fourth-order valence-corrected chi connectivity index (χ4v) is 1.67. The van der Waals surface area contributed by atoms with Crippen LogP contribution in [0.25, 0.3) is 0 Å². The molecule has 0 radical (unpaired) electrons. The topological polar surface area (TPSA) is 75.9 Å². The van der Waals surface area contributed by atoms with Gasteiger partial charge in [0.05, 0.1) is 0 Å². The molecule has 0 atom stereocenters. The van der Waals surface area contributed by atoms with E-state index in [2.05, 4.69) is 20.6 Å². The Morgan fingerprint density at radius 3 is 2.67 bits per heavy atom. The quantitative estimate of drug-likeness (QED) is 0.769. The first-order valence-corrected chi connectivity index (χ1v) is 5.89. The maximum absolute atomic E-state index is 5.67. The van der Waals surface area contributed by atoms with Crippen molar-refractivity contribution in [3.05, 3.63) is 35.9 Å². The number of nitrogen functional groups attached to an aromatic ring is 1. The normalized spacial score (nSPS) is 10.1. The zero-order valence-electron chi connectivity index (χ0n) is 10.6. The lowest BCUT2D eigenvalue weighted by Gasteiger charge is -2.09. The van der Waals surface area contributed by atoms with Gasteiger partial charge in [-0.3, -0.25) is 0 Å². The highest BCUT2D eigenvalue weighted by atomic mass is 15.1. The predicted molar refractivity (Wildman–Crippen MR) is 75.1 cm³/mol. The Balaban J connectivity index is 2.23. The van der Waals surface area contributed by atoms with E-state index in [1.54, 1.807) is 0 Å². The lowest BCUT2D eigenvalue weighted by Crippen LogP contribution is -2.05. The first kappa shape index (κ1) is 12.2. The van der Waals surface area contributed by atoms with E-state index in [0.29, 0.717) is 5.82 Å². The van der Waals surface area contributed by atoms with Crippen LogP contribution in [-0.4, -0.2) is 16.5 Å². The maximum Gasteiger partial charge on any atom is 0.223 e. The molecule has 0 unspecified atom stereocenters. The van der Waals surface area contributed by atoms with Crippen LogP contribution in [-0.2, 0) is 0 Å². The van der Waals surface area contributed by atoms with Crippen LogP contribution < -0.4 is 16.4 Å². The van der Waals surface area contributed by atoms with Gasteiger partial charge in [0.25, 0.3) is 0 Å². The number of nitrogens with zero attached hydrogens (tertiary/aromatic N) is 2. The summed E-state index contributed by atoms with van der Waals surface area (Å²) in [6.07, 6.45) is 0. The van der Waals surface area contributed by atoms with Gasteiger partial charge < -0.3 is 16.4 Å². The van der Waals surface area contributed by atoms with Crippen molar-refractivity contribution in [2.24, 2.45) is 0 Å². The van der Waals surface area contributed by atoms with Crippen LogP contribution in [0.1, 0.15) is 12.5 Å². The Hall–Kier alpha value is -2.30. The number of anilines is 4. The van der Waals surface area contributed by atoms with Gasteiger partial charge in [0.15, 0.2) is 0 Å². The van der Waals surface area contributed by atoms with Crippen molar-refractivity contribution >= 4 is 23.3 Å². The summed E-state index contributed by atoms with van der Waals surface area (Å²) in [4.78, 5) is 8.25. The molecule has 1 heterocycles. The molecule has 0 aliphatic heterocycles. The third kappa shape index (κ3) is 3.10. The molecule has 0 saturated carbocycles. The molecule has 2 rings (SSSR count). The Kier molecular flexibility index (Phi) is 3.62. The van der Waals surface area contributed by atoms with E-state index < -0.39 is 0 Å². The molecule has 0 fully saturated rings. The second-order valence-corrected chi connectivity index (χ2v) is 4.02. The maximum atomic E-state index is 5.67. The molecule has 4 N–H and O–H groups in total. The van der Waals surface area contributed by atoms with E-state index in [-0.39, 0.29) is 5.95 Å². The van der Waals surface area contributed by atoms with E-state index >= 15 is 0 Å². The smallest absolute Gasteiger partial charge is 0.223 e. The summed E-state index contributed by atoms with van der Waals surface area (Å²) >= 11 is 0. The van der Waals surface area contributed by atoms with Crippen LogP contribution in [0.4, 0.5) is 23.3 Å². The molecule has 0 bridgehead atoms. The van der Waals surface area contributed by atoms with Crippen molar-refractivity contribution in [1.29, 1.82) is 0 Å². The van der Waals surface area contributed by atoms with E-state index in [4.69, 9.17) is 5.73 Å². The number of aryl methyl sites for hydroxylation is 1. The molecule has 0 amide bonds. The molecular weight excluding hydrogens is 226 g/mol. The summed E-state index contributed by atoms with van der Waals surface area (Å²) in [5.74, 6) is 1.66. The van der Waals surface area contributed by atoms with Gasteiger partial charge in [-0.1, -0.05) is 12.1 Å². The van der Waals surface area contributed by atoms with Gasteiger partial charge in [0.1, 0.15) is 11.6 Å². The number of aromatic nitrogens is 2. The number of benzene rings is 1. The van der Waals surface area contributed by atoms with Crippen LogP contribution in [0, 0.1) is 6.92 Å². The molecule has 0 saturated heterocycles. The van der Waals surface area contributed by atoms with Crippen molar-refractivity contribution < 1.29 is 0 Å². The summed E-state index contributed by atoms with van der Waals surface area (Å²) < 4.78 is 0. The fraction of sp³-hybridized carbons (Fsp3) is 0.231. The number of hydrogen-bond donors (Lipinski definition) is 3. The largest absolute Gasteiger partial charge is 0.370 e. The second kappa shape index (κ2) is 5.35. The van der Waals surface area contributed by atoms with Crippen molar-refractivity contribution in [3.8, 4) is 0 Å². The third-order valence-electron chi connectivity index (χ3n) is 2.39. The van der Waals surface area contributed by atoms with E-state index in [1.165, 1.54) is 5.56 Å². The standard InChI is InChI=1S/C13H17N5/c1-3-15-11-8-12(18-13(14)17-11)16-10-6-4-5-9(2)7-10/h4-8H,3H2,1-2H3,(H4,14,15,16,17,18). The minimum Gasteiger partial charge on any atom is -0.370 e. The molecule has 2 aromatic rings. The summed E-state index contributed by atoms with van der Waals surface area (Å²) in [5, 5.41) is 6.33. The van der Waals surface area contributed by atoms with Gasteiger partial charge >= 0.3 is 0 Å². The SMILES string of the molecule is CCNc1cc(Nc2cccc(C)c2)nc(N)n1. The lowest BCUT2D eigenvalue weighted by atomic mass is 10.2. The Morgan fingerprint density at radius 2 is 1.94 bits per heavy atom. The molecule has 5 nitrogen and oxygen atoms in total.